The van der Waals surface area contributed by atoms with E-state index in [-0.39, 0.29) is 12.4 Å². The third-order valence-corrected chi connectivity index (χ3v) is 3.29. The Kier molecular flexibility index (Phi) is 3.37. The van der Waals surface area contributed by atoms with Crippen molar-refractivity contribution in [2.24, 2.45) is 5.18 Å². The number of pyridine rings is 1. The van der Waals surface area contributed by atoms with E-state index in [0.717, 1.165) is 0 Å². The molecule has 0 saturated heterocycles. The monoisotopic (exact) mass is 283 g/mol. The Bertz CT molecular complexity index is 811. The van der Waals surface area contributed by atoms with Crippen molar-refractivity contribution in [3.05, 3.63) is 53.1 Å². The Morgan fingerprint density at radius 2 is 2.10 bits per heavy atom. The van der Waals surface area contributed by atoms with Gasteiger partial charge in [0.2, 0.25) is 5.82 Å². The molecular weight excluding hydrogens is 270 g/mol. The second-order valence-corrected chi connectivity index (χ2v) is 4.50. The molecule has 6 nitrogen and oxygen atoms in total. The molecule has 0 fully saturated rings. The predicted octanol–water partition coefficient (Wildman–Crippen LogP) is 2.90. The average molecular weight is 283 g/mol. The van der Waals surface area contributed by atoms with Crippen LogP contribution in [0.2, 0.25) is 0 Å². The molecule has 6 heteroatoms. The first-order valence-corrected chi connectivity index (χ1v) is 6.37. The van der Waals surface area contributed by atoms with Crippen LogP contribution >= 0.6 is 0 Å². The highest BCUT2D eigenvalue weighted by Gasteiger charge is 2.18. The summed E-state index contributed by atoms with van der Waals surface area (Å²) in [6, 6.07) is 10.8. The number of aliphatic hydroxyl groups excluding tert-OH is 1. The molecule has 0 aliphatic carbocycles. The number of methoxy groups -OCH3 is 1. The van der Waals surface area contributed by atoms with Crippen molar-refractivity contribution in [1.82, 2.24) is 9.38 Å². The molecule has 0 amide bonds. The van der Waals surface area contributed by atoms with Crippen LogP contribution in [0.5, 0.6) is 5.75 Å². The van der Waals surface area contributed by atoms with Gasteiger partial charge in [0.1, 0.15) is 17.1 Å². The fraction of sp³-hybridized carbons (Fsp3) is 0.133. The van der Waals surface area contributed by atoms with Crippen LogP contribution in [0.4, 0.5) is 5.82 Å². The summed E-state index contributed by atoms with van der Waals surface area (Å²) in [5, 5.41) is 12.3. The van der Waals surface area contributed by atoms with Gasteiger partial charge in [0.15, 0.2) is 0 Å². The Hall–Kier alpha value is -2.73. The van der Waals surface area contributed by atoms with E-state index in [1.807, 2.05) is 18.2 Å². The molecule has 0 aliphatic rings. The molecule has 2 heterocycles. The quantitative estimate of drug-likeness (QED) is 0.747. The predicted molar refractivity (Wildman–Crippen MR) is 78.6 cm³/mol. The van der Waals surface area contributed by atoms with E-state index in [1.165, 1.54) is 0 Å². The molecule has 2 aromatic heterocycles. The van der Waals surface area contributed by atoms with Crippen LogP contribution in [0.3, 0.4) is 0 Å². The summed E-state index contributed by atoms with van der Waals surface area (Å²) < 4.78 is 6.88. The van der Waals surface area contributed by atoms with Crippen LogP contribution in [0, 0.1) is 4.91 Å². The minimum atomic E-state index is -0.115. The summed E-state index contributed by atoms with van der Waals surface area (Å²) in [6.07, 6.45) is 1.65. The van der Waals surface area contributed by atoms with Gasteiger partial charge in [-0.2, -0.15) is 0 Å². The van der Waals surface area contributed by atoms with Crippen LogP contribution in [0.15, 0.2) is 47.8 Å². The van der Waals surface area contributed by atoms with Crippen molar-refractivity contribution in [2.45, 2.75) is 6.61 Å². The maximum atomic E-state index is 11.3. The van der Waals surface area contributed by atoms with Gasteiger partial charge in [0.05, 0.1) is 13.7 Å². The van der Waals surface area contributed by atoms with E-state index < -0.39 is 0 Å². The van der Waals surface area contributed by atoms with Crippen molar-refractivity contribution in [3.63, 3.8) is 0 Å². The number of ether oxygens (including phenoxy) is 1. The topological polar surface area (TPSA) is 76.2 Å². The summed E-state index contributed by atoms with van der Waals surface area (Å²) in [4.78, 5) is 15.7. The molecule has 1 aromatic carbocycles. The lowest BCUT2D eigenvalue weighted by molar-refractivity contribution is 0.281. The van der Waals surface area contributed by atoms with Gasteiger partial charge in [-0.25, -0.2) is 4.98 Å². The second-order valence-electron chi connectivity index (χ2n) is 4.50. The number of imidazole rings is 1. The molecule has 0 unspecified atom stereocenters. The van der Waals surface area contributed by atoms with Gasteiger partial charge >= 0.3 is 0 Å². The van der Waals surface area contributed by atoms with E-state index in [0.29, 0.717) is 28.2 Å². The Morgan fingerprint density at radius 1 is 1.29 bits per heavy atom. The molecule has 0 aliphatic heterocycles. The van der Waals surface area contributed by atoms with Crippen molar-refractivity contribution in [1.29, 1.82) is 0 Å². The van der Waals surface area contributed by atoms with Gasteiger partial charge in [-0.1, -0.05) is 18.2 Å². The normalized spacial score (nSPS) is 10.8. The molecule has 3 rings (SSSR count). The first kappa shape index (κ1) is 13.3. The number of aliphatic hydroxyl groups is 1. The molecule has 0 radical (unpaired) electrons. The molecule has 0 spiro atoms. The number of aromatic nitrogens is 2. The summed E-state index contributed by atoms with van der Waals surface area (Å²) >= 11 is 0. The van der Waals surface area contributed by atoms with Crippen LogP contribution in [0.1, 0.15) is 5.56 Å². The van der Waals surface area contributed by atoms with Crippen LogP contribution in [0.25, 0.3) is 16.9 Å². The molecule has 21 heavy (non-hydrogen) atoms. The van der Waals surface area contributed by atoms with Gasteiger partial charge in [0, 0.05) is 11.8 Å². The molecule has 0 atom stereocenters. The van der Waals surface area contributed by atoms with Gasteiger partial charge in [0.25, 0.3) is 0 Å². The number of para-hydroxylation sites is 1. The maximum Gasteiger partial charge on any atom is 0.209 e. The number of rotatable bonds is 4. The van der Waals surface area contributed by atoms with Crippen molar-refractivity contribution in [2.75, 3.05) is 7.11 Å². The second kappa shape index (κ2) is 5.34. The van der Waals surface area contributed by atoms with E-state index in [4.69, 9.17) is 4.74 Å². The maximum absolute atomic E-state index is 11.3. The summed E-state index contributed by atoms with van der Waals surface area (Å²) in [5.74, 6) is 0.804. The number of hydrogen-bond acceptors (Lipinski definition) is 5. The molecule has 1 N–H and O–H groups in total. The molecule has 106 valence electrons. The van der Waals surface area contributed by atoms with Gasteiger partial charge in [-0.3, -0.25) is 4.40 Å². The van der Waals surface area contributed by atoms with Crippen LogP contribution < -0.4 is 4.74 Å². The highest BCUT2D eigenvalue weighted by Crippen LogP contribution is 2.36. The number of benzene rings is 1. The zero-order valence-electron chi connectivity index (χ0n) is 11.4. The Labute approximate surface area is 120 Å². The third-order valence-electron chi connectivity index (χ3n) is 3.29. The Morgan fingerprint density at radius 3 is 2.81 bits per heavy atom. The molecule has 3 aromatic rings. The SMILES string of the molecule is COc1ccccc1-c1nc2ccc(CO)cn2c1N=O. The summed E-state index contributed by atoms with van der Waals surface area (Å²) in [7, 11) is 1.56. The highest BCUT2D eigenvalue weighted by molar-refractivity contribution is 5.78. The lowest BCUT2D eigenvalue weighted by Crippen LogP contribution is -1.89. The number of nitrogens with zero attached hydrogens (tertiary/aromatic N) is 3. The molecule has 0 bridgehead atoms. The van der Waals surface area contributed by atoms with Crippen molar-refractivity contribution >= 4 is 11.5 Å². The van der Waals surface area contributed by atoms with E-state index in [1.54, 1.807) is 35.9 Å². The zero-order valence-corrected chi connectivity index (χ0v) is 11.4. The standard InChI is InChI=1S/C15H13N3O3/c1-21-12-5-3-2-4-11(12)14-15(17-20)18-8-10(9-19)6-7-13(18)16-14/h2-8,19H,9H2,1H3. The minimum absolute atomic E-state index is 0.115. The largest absolute Gasteiger partial charge is 0.496 e. The van der Waals surface area contributed by atoms with Crippen molar-refractivity contribution in [3.8, 4) is 17.0 Å². The summed E-state index contributed by atoms with van der Waals surface area (Å²) in [5.41, 5.74) is 2.42. The number of fused-ring (bicyclic) bond motifs is 1. The zero-order chi connectivity index (χ0) is 14.8. The van der Waals surface area contributed by atoms with Crippen LogP contribution in [-0.4, -0.2) is 21.6 Å². The minimum Gasteiger partial charge on any atom is -0.496 e. The molecule has 0 saturated carbocycles. The first-order valence-electron chi connectivity index (χ1n) is 6.37. The van der Waals surface area contributed by atoms with E-state index in [2.05, 4.69) is 10.2 Å². The fourth-order valence-electron chi connectivity index (χ4n) is 2.28. The third kappa shape index (κ3) is 2.15. The Balaban J connectivity index is 2.30. The van der Waals surface area contributed by atoms with Crippen LogP contribution in [-0.2, 0) is 6.61 Å². The number of hydrogen-bond donors (Lipinski definition) is 1. The first-order chi connectivity index (χ1) is 10.3. The number of nitroso groups, excluding NO2 is 1. The van der Waals surface area contributed by atoms with Gasteiger partial charge in [-0.05, 0) is 28.9 Å². The highest BCUT2D eigenvalue weighted by atomic mass is 16.5. The van der Waals surface area contributed by atoms with Gasteiger partial charge in [-0.15, -0.1) is 4.91 Å². The van der Waals surface area contributed by atoms with E-state index >= 15 is 0 Å². The van der Waals surface area contributed by atoms with E-state index in [9.17, 15) is 10.0 Å². The fourth-order valence-corrected chi connectivity index (χ4v) is 2.28. The smallest absolute Gasteiger partial charge is 0.209 e. The van der Waals surface area contributed by atoms with Gasteiger partial charge < -0.3 is 9.84 Å². The lowest BCUT2D eigenvalue weighted by atomic mass is 10.1. The lowest BCUT2D eigenvalue weighted by Gasteiger charge is -2.05. The summed E-state index contributed by atoms with van der Waals surface area (Å²) in [6.45, 7) is -0.115. The van der Waals surface area contributed by atoms with Crippen molar-refractivity contribution < 1.29 is 9.84 Å². The molecular formula is C15H13N3O3. The average Bonchev–Trinajstić information content (AvgIpc) is 2.91.